The second-order valence-corrected chi connectivity index (χ2v) is 7.03. The van der Waals surface area contributed by atoms with Crippen molar-refractivity contribution in [2.24, 2.45) is 5.10 Å². The summed E-state index contributed by atoms with van der Waals surface area (Å²) in [7, 11) is 0. The van der Waals surface area contributed by atoms with Crippen LogP contribution in [0.3, 0.4) is 0 Å². The van der Waals surface area contributed by atoms with Crippen LogP contribution in [0.1, 0.15) is 22.4 Å². The van der Waals surface area contributed by atoms with Crippen LogP contribution in [0.5, 0.6) is 0 Å². The molecule has 1 aromatic heterocycles. The first-order valence-electron chi connectivity index (χ1n) is 8.57. The number of hydrogen-bond acceptors (Lipinski definition) is 5. The van der Waals surface area contributed by atoms with Gasteiger partial charge in [-0.3, -0.25) is 4.79 Å². The number of hydrazone groups is 1. The van der Waals surface area contributed by atoms with Crippen LogP contribution in [0, 0.1) is 6.92 Å². The molecule has 0 spiro atoms. The first kappa shape index (κ1) is 20.5. The second kappa shape index (κ2) is 8.87. The summed E-state index contributed by atoms with van der Waals surface area (Å²) in [5.74, 6) is -0.342. The van der Waals surface area contributed by atoms with Gasteiger partial charge in [-0.25, -0.2) is 10.4 Å². The van der Waals surface area contributed by atoms with E-state index in [0.29, 0.717) is 10.8 Å². The zero-order valence-corrected chi connectivity index (χ0v) is 16.1. The Hall–Kier alpha value is -3.20. The van der Waals surface area contributed by atoms with Crippen LogP contribution in [0.2, 0.25) is 0 Å². The third-order valence-electron chi connectivity index (χ3n) is 3.92. The number of alkyl halides is 3. The van der Waals surface area contributed by atoms with Crippen molar-refractivity contribution in [3.63, 3.8) is 0 Å². The molecule has 2 N–H and O–H groups in total. The lowest BCUT2D eigenvalue weighted by molar-refractivity contribution is -0.137. The first-order valence-corrected chi connectivity index (χ1v) is 9.45. The Morgan fingerprint density at radius 2 is 2.00 bits per heavy atom. The van der Waals surface area contributed by atoms with E-state index >= 15 is 0 Å². The molecule has 1 heterocycles. The smallest absolute Gasteiger partial charge is 0.332 e. The fourth-order valence-corrected chi connectivity index (χ4v) is 3.18. The highest BCUT2D eigenvalue weighted by Crippen LogP contribution is 2.31. The van der Waals surface area contributed by atoms with E-state index in [4.69, 9.17) is 0 Å². The lowest BCUT2D eigenvalue weighted by Crippen LogP contribution is -2.20. The number of carbonyl (C=O) groups is 1. The van der Waals surface area contributed by atoms with Crippen molar-refractivity contribution < 1.29 is 18.0 Å². The molecule has 9 heteroatoms. The highest BCUT2D eigenvalue weighted by atomic mass is 32.1. The zero-order chi connectivity index (χ0) is 20.9. The molecule has 3 aromatic rings. The molecule has 2 aromatic carbocycles. The molecule has 0 aliphatic heterocycles. The molecule has 0 aliphatic carbocycles. The summed E-state index contributed by atoms with van der Waals surface area (Å²) in [5.41, 5.74) is 4.39. The minimum absolute atomic E-state index is 0.00584. The van der Waals surface area contributed by atoms with Crippen molar-refractivity contribution in [1.82, 2.24) is 10.4 Å². The van der Waals surface area contributed by atoms with Gasteiger partial charge in [0.1, 0.15) is 0 Å². The van der Waals surface area contributed by atoms with Crippen molar-refractivity contribution in [2.75, 3.05) is 5.32 Å². The molecular formula is C20H17F3N4OS. The number of rotatable bonds is 6. The topological polar surface area (TPSA) is 66.4 Å². The maximum Gasteiger partial charge on any atom is 0.416 e. The maximum atomic E-state index is 12.8. The molecule has 0 radical (unpaired) electrons. The molecule has 1 amide bonds. The maximum absolute atomic E-state index is 12.8. The summed E-state index contributed by atoms with van der Waals surface area (Å²) in [4.78, 5) is 16.2. The molecule has 0 atom stereocenters. The number of aromatic nitrogens is 1. The Labute approximate surface area is 169 Å². The quantitative estimate of drug-likeness (QED) is 0.442. The highest BCUT2D eigenvalue weighted by Gasteiger charge is 2.30. The Balaban J connectivity index is 1.56. The van der Waals surface area contributed by atoms with Gasteiger partial charge in [-0.05, 0) is 36.2 Å². The van der Waals surface area contributed by atoms with Crippen LogP contribution in [0.25, 0.3) is 0 Å². The summed E-state index contributed by atoms with van der Waals surface area (Å²) in [6.45, 7) is 1.94. The van der Waals surface area contributed by atoms with E-state index in [1.54, 1.807) is 11.6 Å². The molecule has 0 bridgehead atoms. The lowest BCUT2D eigenvalue weighted by atomic mass is 10.1. The van der Waals surface area contributed by atoms with Crippen LogP contribution >= 0.6 is 11.3 Å². The van der Waals surface area contributed by atoms with E-state index in [2.05, 4.69) is 20.8 Å². The van der Waals surface area contributed by atoms with Gasteiger partial charge in [-0.1, -0.05) is 30.3 Å². The molecule has 150 valence electrons. The molecule has 5 nitrogen and oxygen atoms in total. The van der Waals surface area contributed by atoms with Gasteiger partial charge < -0.3 is 5.32 Å². The Morgan fingerprint density at radius 1 is 1.21 bits per heavy atom. The second-order valence-electron chi connectivity index (χ2n) is 6.17. The molecule has 0 aliphatic rings. The van der Waals surface area contributed by atoms with Crippen LogP contribution in [0.4, 0.5) is 24.0 Å². The van der Waals surface area contributed by atoms with Crippen molar-refractivity contribution in [3.8, 4) is 0 Å². The fraction of sp³-hybridized carbons (Fsp3) is 0.150. The van der Waals surface area contributed by atoms with Crippen molar-refractivity contribution in [1.29, 1.82) is 0 Å². The van der Waals surface area contributed by atoms with Gasteiger partial charge >= 0.3 is 6.18 Å². The monoisotopic (exact) mass is 418 g/mol. The normalized spacial score (nSPS) is 11.6. The molecular weight excluding hydrogens is 401 g/mol. The lowest BCUT2D eigenvalue weighted by Gasteiger charge is -2.08. The molecule has 29 heavy (non-hydrogen) atoms. The predicted molar refractivity (Wildman–Crippen MR) is 107 cm³/mol. The number of carbonyl (C=O) groups excluding carboxylic acids is 1. The van der Waals surface area contributed by atoms with Crippen molar-refractivity contribution >= 4 is 34.3 Å². The average molecular weight is 418 g/mol. The average Bonchev–Trinajstić information content (AvgIpc) is 3.09. The summed E-state index contributed by atoms with van der Waals surface area (Å²) in [5, 5.41) is 8.83. The summed E-state index contributed by atoms with van der Waals surface area (Å²) in [6.07, 6.45) is -2.84. The number of hydrogen-bond donors (Lipinski definition) is 2. The summed E-state index contributed by atoms with van der Waals surface area (Å²) in [6, 6.07) is 12.5. The third kappa shape index (κ3) is 5.89. The van der Waals surface area contributed by atoms with Gasteiger partial charge in [0.15, 0.2) is 5.13 Å². The van der Waals surface area contributed by atoms with E-state index in [9.17, 15) is 18.0 Å². The van der Waals surface area contributed by atoms with Gasteiger partial charge in [0.05, 0.1) is 23.9 Å². The van der Waals surface area contributed by atoms with Gasteiger partial charge in [0.25, 0.3) is 0 Å². The number of amides is 1. The zero-order valence-electron chi connectivity index (χ0n) is 15.3. The molecule has 0 fully saturated rings. The fourth-order valence-electron chi connectivity index (χ4n) is 2.45. The SMILES string of the molecule is Cc1ccccc1/C=N/NC(=O)Cc1csc(Nc2cccc(C(F)(F)F)c2)n1. The standard InChI is InChI=1S/C20H17F3N4OS/c1-13-5-2-3-6-14(13)11-24-27-18(28)10-17-12-29-19(26-17)25-16-8-4-7-15(9-16)20(21,22)23/h2-9,11-12H,10H2,1H3,(H,25,26)(H,27,28)/b24-11+. The minimum Gasteiger partial charge on any atom is -0.332 e. The van der Waals surface area contributed by atoms with E-state index in [1.165, 1.54) is 23.5 Å². The Morgan fingerprint density at radius 3 is 2.76 bits per heavy atom. The van der Waals surface area contributed by atoms with Crippen LogP contribution in [-0.4, -0.2) is 17.1 Å². The molecule has 3 rings (SSSR count). The number of aryl methyl sites for hydroxylation is 1. The van der Waals surface area contributed by atoms with Crippen molar-refractivity contribution in [2.45, 2.75) is 19.5 Å². The van der Waals surface area contributed by atoms with Crippen LogP contribution in [0.15, 0.2) is 59.0 Å². The first-order chi connectivity index (χ1) is 13.8. The molecule has 0 saturated carbocycles. The van der Waals surface area contributed by atoms with Crippen LogP contribution in [-0.2, 0) is 17.4 Å². The number of thiazole rings is 1. The molecule has 0 saturated heterocycles. The predicted octanol–water partition coefficient (Wildman–Crippen LogP) is 4.91. The number of benzene rings is 2. The largest absolute Gasteiger partial charge is 0.416 e. The number of nitrogens with one attached hydrogen (secondary N) is 2. The van der Waals surface area contributed by atoms with Crippen molar-refractivity contribution in [3.05, 3.63) is 76.3 Å². The van der Waals surface area contributed by atoms with Crippen LogP contribution < -0.4 is 10.7 Å². The van der Waals surface area contributed by atoms with E-state index in [0.717, 1.165) is 23.3 Å². The highest BCUT2D eigenvalue weighted by molar-refractivity contribution is 7.13. The number of halogens is 3. The minimum atomic E-state index is -4.41. The Bertz CT molecular complexity index is 1030. The summed E-state index contributed by atoms with van der Waals surface area (Å²) < 4.78 is 38.4. The van der Waals surface area contributed by atoms with E-state index < -0.39 is 11.7 Å². The van der Waals surface area contributed by atoms with E-state index in [-0.39, 0.29) is 18.0 Å². The molecule has 0 unspecified atom stereocenters. The van der Waals surface area contributed by atoms with Gasteiger partial charge in [0, 0.05) is 11.1 Å². The summed E-state index contributed by atoms with van der Waals surface area (Å²) >= 11 is 1.20. The number of anilines is 2. The van der Waals surface area contributed by atoms with E-state index in [1.807, 2.05) is 31.2 Å². The Kier molecular flexibility index (Phi) is 6.28. The van der Waals surface area contributed by atoms with Gasteiger partial charge in [-0.2, -0.15) is 18.3 Å². The number of nitrogens with zero attached hydrogens (tertiary/aromatic N) is 2. The van der Waals surface area contributed by atoms with Gasteiger partial charge in [0.2, 0.25) is 5.91 Å². The third-order valence-corrected chi connectivity index (χ3v) is 4.72. The van der Waals surface area contributed by atoms with Gasteiger partial charge in [-0.15, -0.1) is 11.3 Å².